The summed E-state index contributed by atoms with van der Waals surface area (Å²) in [7, 11) is 0. The van der Waals surface area contributed by atoms with E-state index in [1.165, 1.54) is 11.0 Å². The van der Waals surface area contributed by atoms with E-state index in [0.717, 1.165) is 12.5 Å². The monoisotopic (exact) mass is 309 g/mol. The molecule has 2 rings (SSSR count). The molecule has 8 nitrogen and oxygen atoms in total. The third-order valence-corrected chi connectivity index (χ3v) is 3.54. The first-order chi connectivity index (χ1) is 10.4. The molecule has 0 radical (unpaired) electrons. The van der Waals surface area contributed by atoms with E-state index in [1.807, 2.05) is 0 Å². The second kappa shape index (κ2) is 6.59. The first-order valence-corrected chi connectivity index (χ1v) is 7.19. The second-order valence-electron chi connectivity index (χ2n) is 5.78. The number of nitrogens with zero attached hydrogens (tertiary/aromatic N) is 2. The van der Waals surface area contributed by atoms with Crippen molar-refractivity contribution in [2.45, 2.75) is 20.3 Å². The van der Waals surface area contributed by atoms with E-state index in [9.17, 15) is 19.7 Å². The standard InChI is InChI=1S/C14H19N3O5/c1-9(2)5-6-15-13(18)10-7-16(8-10)14(19)11-3-4-12(22-11)17(20)21/h3-4,9-10H,5-8H2,1-2H3,(H,15,18). The van der Waals surface area contributed by atoms with Gasteiger partial charge in [0.15, 0.2) is 5.76 Å². The Balaban J connectivity index is 1.79. The summed E-state index contributed by atoms with van der Waals surface area (Å²) in [5.74, 6) is -0.734. The third-order valence-electron chi connectivity index (χ3n) is 3.54. The molecule has 2 amide bonds. The second-order valence-corrected chi connectivity index (χ2v) is 5.78. The molecule has 1 aliphatic heterocycles. The van der Waals surface area contributed by atoms with Crippen LogP contribution in [0.1, 0.15) is 30.8 Å². The molecule has 0 unspecified atom stereocenters. The summed E-state index contributed by atoms with van der Waals surface area (Å²) < 4.78 is 4.86. The number of rotatable bonds is 6. The minimum atomic E-state index is -0.697. The summed E-state index contributed by atoms with van der Waals surface area (Å²) in [4.78, 5) is 35.1. The van der Waals surface area contributed by atoms with Gasteiger partial charge in [-0.25, -0.2) is 0 Å². The Morgan fingerprint density at radius 1 is 1.45 bits per heavy atom. The fourth-order valence-electron chi connectivity index (χ4n) is 2.14. The van der Waals surface area contributed by atoms with E-state index in [2.05, 4.69) is 19.2 Å². The Bertz CT molecular complexity index is 575. The molecule has 0 aromatic carbocycles. The largest absolute Gasteiger partial charge is 0.433 e. The SMILES string of the molecule is CC(C)CCNC(=O)C1CN(C(=O)c2ccc([N+](=O)[O-])o2)C1. The van der Waals surface area contributed by atoms with Crippen LogP contribution in [0, 0.1) is 22.0 Å². The summed E-state index contributed by atoms with van der Waals surface area (Å²) in [6, 6.07) is 2.42. The first-order valence-electron chi connectivity index (χ1n) is 7.19. The Labute approximate surface area is 127 Å². The van der Waals surface area contributed by atoms with Crippen LogP contribution in [-0.4, -0.2) is 41.3 Å². The lowest BCUT2D eigenvalue weighted by Gasteiger charge is -2.37. The average Bonchev–Trinajstić information content (AvgIpc) is 2.85. The maximum atomic E-state index is 12.0. The predicted molar refractivity (Wildman–Crippen MR) is 77.2 cm³/mol. The molecule has 0 atom stereocenters. The van der Waals surface area contributed by atoms with Crippen molar-refractivity contribution in [2.75, 3.05) is 19.6 Å². The van der Waals surface area contributed by atoms with E-state index in [1.54, 1.807) is 0 Å². The smallest absolute Gasteiger partial charge is 0.395 e. The molecule has 1 aromatic rings. The van der Waals surface area contributed by atoms with Crippen molar-refractivity contribution in [3.05, 3.63) is 28.0 Å². The van der Waals surface area contributed by atoms with Gasteiger partial charge in [0.1, 0.15) is 4.92 Å². The van der Waals surface area contributed by atoms with Crippen LogP contribution in [0.2, 0.25) is 0 Å². The number of furan rings is 1. The van der Waals surface area contributed by atoms with Crippen LogP contribution in [0.25, 0.3) is 0 Å². The summed E-state index contributed by atoms with van der Waals surface area (Å²) in [5, 5.41) is 13.4. The van der Waals surface area contributed by atoms with Crippen LogP contribution >= 0.6 is 0 Å². The predicted octanol–water partition coefficient (Wildman–Crippen LogP) is 1.42. The van der Waals surface area contributed by atoms with E-state index in [4.69, 9.17) is 4.42 Å². The van der Waals surface area contributed by atoms with Crippen molar-refractivity contribution in [3.8, 4) is 0 Å². The highest BCUT2D eigenvalue weighted by molar-refractivity contribution is 5.94. The van der Waals surface area contributed by atoms with Crippen molar-refractivity contribution < 1.29 is 18.9 Å². The highest BCUT2D eigenvalue weighted by atomic mass is 16.6. The number of likely N-dealkylation sites (tertiary alicyclic amines) is 1. The average molecular weight is 309 g/mol. The quantitative estimate of drug-likeness (QED) is 0.632. The van der Waals surface area contributed by atoms with Gasteiger partial charge in [0.2, 0.25) is 5.91 Å². The lowest BCUT2D eigenvalue weighted by Crippen LogP contribution is -2.55. The molecule has 1 fully saturated rings. The van der Waals surface area contributed by atoms with Gasteiger partial charge in [-0.05, 0) is 18.4 Å². The molecule has 0 spiro atoms. The Kier molecular flexibility index (Phi) is 4.79. The van der Waals surface area contributed by atoms with Gasteiger partial charge in [-0.2, -0.15) is 0 Å². The van der Waals surface area contributed by atoms with E-state index in [0.29, 0.717) is 25.6 Å². The lowest BCUT2D eigenvalue weighted by molar-refractivity contribution is -0.402. The van der Waals surface area contributed by atoms with Crippen LogP contribution in [0.3, 0.4) is 0 Å². The summed E-state index contributed by atoms with van der Waals surface area (Å²) >= 11 is 0. The fourth-order valence-corrected chi connectivity index (χ4v) is 2.14. The number of carbonyl (C=O) groups is 2. The van der Waals surface area contributed by atoms with Gasteiger partial charge in [0.05, 0.1) is 12.0 Å². The Morgan fingerprint density at radius 2 is 2.14 bits per heavy atom. The van der Waals surface area contributed by atoms with Crippen LogP contribution in [0.4, 0.5) is 5.88 Å². The van der Waals surface area contributed by atoms with E-state index < -0.39 is 16.7 Å². The van der Waals surface area contributed by atoms with E-state index in [-0.39, 0.29) is 17.6 Å². The fraction of sp³-hybridized carbons (Fsp3) is 0.571. The molecule has 1 saturated heterocycles. The molecule has 2 heterocycles. The number of nitro groups is 1. The normalized spacial score (nSPS) is 14.8. The zero-order valence-electron chi connectivity index (χ0n) is 12.6. The van der Waals surface area contributed by atoms with Crippen LogP contribution in [0.5, 0.6) is 0 Å². The maximum absolute atomic E-state index is 12.0. The summed E-state index contributed by atoms with van der Waals surface area (Å²) in [6.07, 6.45) is 0.914. The molecule has 22 heavy (non-hydrogen) atoms. The molecular formula is C14H19N3O5. The van der Waals surface area contributed by atoms with Gasteiger partial charge in [0.25, 0.3) is 5.91 Å². The minimum Gasteiger partial charge on any atom is -0.395 e. The topological polar surface area (TPSA) is 106 Å². The number of carbonyl (C=O) groups excluding carboxylic acids is 2. The first kappa shape index (κ1) is 16.0. The highest BCUT2D eigenvalue weighted by Crippen LogP contribution is 2.22. The Morgan fingerprint density at radius 3 is 2.68 bits per heavy atom. The lowest BCUT2D eigenvalue weighted by atomic mass is 9.98. The molecule has 1 N–H and O–H groups in total. The molecule has 0 bridgehead atoms. The minimum absolute atomic E-state index is 0.0601. The Hall–Kier alpha value is -2.38. The number of amides is 2. The van der Waals surface area contributed by atoms with Gasteiger partial charge in [-0.3, -0.25) is 19.7 Å². The summed E-state index contributed by atoms with van der Waals surface area (Å²) in [6.45, 7) is 5.41. The van der Waals surface area contributed by atoms with Gasteiger partial charge in [-0.15, -0.1) is 0 Å². The molecular weight excluding hydrogens is 290 g/mol. The highest BCUT2D eigenvalue weighted by Gasteiger charge is 2.37. The third kappa shape index (κ3) is 3.63. The van der Waals surface area contributed by atoms with Crippen LogP contribution < -0.4 is 5.32 Å². The molecule has 0 aliphatic carbocycles. The van der Waals surface area contributed by atoms with Gasteiger partial charge >= 0.3 is 5.88 Å². The zero-order chi connectivity index (χ0) is 16.3. The number of hydrogen-bond acceptors (Lipinski definition) is 5. The zero-order valence-corrected chi connectivity index (χ0v) is 12.6. The molecule has 8 heteroatoms. The molecule has 0 saturated carbocycles. The maximum Gasteiger partial charge on any atom is 0.433 e. The number of hydrogen-bond donors (Lipinski definition) is 1. The van der Waals surface area contributed by atoms with Crippen molar-refractivity contribution in [2.24, 2.45) is 11.8 Å². The summed E-state index contributed by atoms with van der Waals surface area (Å²) in [5.41, 5.74) is 0. The number of nitrogens with one attached hydrogen (secondary N) is 1. The van der Waals surface area contributed by atoms with Crippen molar-refractivity contribution >= 4 is 17.7 Å². The molecule has 120 valence electrons. The van der Waals surface area contributed by atoms with Crippen molar-refractivity contribution in [3.63, 3.8) is 0 Å². The van der Waals surface area contributed by atoms with Crippen LogP contribution in [0.15, 0.2) is 16.5 Å². The van der Waals surface area contributed by atoms with Crippen LogP contribution in [-0.2, 0) is 4.79 Å². The van der Waals surface area contributed by atoms with Crippen molar-refractivity contribution in [1.29, 1.82) is 0 Å². The van der Waals surface area contributed by atoms with Crippen molar-refractivity contribution in [1.82, 2.24) is 10.2 Å². The van der Waals surface area contributed by atoms with Gasteiger partial charge < -0.3 is 14.6 Å². The van der Waals surface area contributed by atoms with E-state index >= 15 is 0 Å². The molecule has 1 aliphatic rings. The van der Waals surface area contributed by atoms with Gasteiger partial charge in [0, 0.05) is 19.6 Å². The van der Waals surface area contributed by atoms with Gasteiger partial charge in [-0.1, -0.05) is 13.8 Å². The molecule has 1 aromatic heterocycles.